The predicted molar refractivity (Wildman–Crippen MR) is 82.3 cm³/mol. The lowest BCUT2D eigenvalue weighted by Gasteiger charge is -2.15. The number of hydrogen-bond acceptors (Lipinski definition) is 2. The van der Waals surface area contributed by atoms with E-state index < -0.39 is 5.82 Å². The highest BCUT2D eigenvalue weighted by molar-refractivity contribution is 5.92. The van der Waals surface area contributed by atoms with Crippen LogP contribution in [-0.4, -0.2) is 17.6 Å². The molecule has 0 aromatic heterocycles. The van der Waals surface area contributed by atoms with E-state index in [2.05, 4.69) is 24.1 Å². The molecule has 0 spiro atoms. The first-order valence-electron chi connectivity index (χ1n) is 7.32. The van der Waals surface area contributed by atoms with Crippen LogP contribution in [0.2, 0.25) is 0 Å². The highest BCUT2D eigenvalue weighted by Crippen LogP contribution is 2.19. The summed E-state index contributed by atoms with van der Waals surface area (Å²) in [4.78, 5) is 12.1. The molecule has 0 heterocycles. The molecule has 0 aliphatic rings. The summed E-state index contributed by atoms with van der Waals surface area (Å²) in [5.41, 5.74) is 0.641. The van der Waals surface area contributed by atoms with Crippen molar-refractivity contribution in [2.45, 2.75) is 39.5 Å². The van der Waals surface area contributed by atoms with E-state index in [1.165, 1.54) is 12.1 Å². The van der Waals surface area contributed by atoms with Crippen LogP contribution >= 0.6 is 0 Å². The lowest BCUT2D eigenvalue weighted by atomic mass is 9.98. The number of unbranched alkanes of at least 4 members (excludes halogenated alkanes) is 1. The van der Waals surface area contributed by atoms with Crippen molar-refractivity contribution in [1.29, 1.82) is 0 Å². The summed E-state index contributed by atoms with van der Waals surface area (Å²) in [5, 5.41) is 11.2. The molecule has 0 radical (unpaired) electrons. The molecule has 1 atom stereocenters. The van der Waals surface area contributed by atoms with E-state index in [-0.39, 0.29) is 24.1 Å². The molecular formula is C17H22FNO2. The highest BCUT2D eigenvalue weighted by atomic mass is 19.1. The zero-order chi connectivity index (χ0) is 15.7. The third-order valence-electron chi connectivity index (χ3n) is 3.31. The van der Waals surface area contributed by atoms with Crippen molar-refractivity contribution in [1.82, 2.24) is 0 Å². The number of halogens is 1. The van der Waals surface area contributed by atoms with Crippen molar-refractivity contribution in [3.8, 4) is 11.8 Å². The topological polar surface area (TPSA) is 49.3 Å². The molecule has 0 saturated carbocycles. The Morgan fingerprint density at radius 3 is 2.76 bits per heavy atom. The molecule has 0 fully saturated rings. The first-order valence-corrected chi connectivity index (χ1v) is 7.32. The second-order valence-electron chi connectivity index (χ2n) is 4.89. The minimum Gasteiger partial charge on any atom is -0.384 e. The minimum atomic E-state index is -0.515. The fourth-order valence-corrected chi connectivity index (χ4v) is 2.04. The van der Waals surface area contributed by atoms with Gasteiger partial charge in [-0.1, -0.05) is 38.5 Å². The Morgan fingerprint density at radius 2 is 2.19 bits per heavy atom. The molecule has 21 heavy (non-hydrogen) atoms. The Kier molecular flexibility index (Phi) is 7.49. The lowest BCUT2D eigenvalue weighted by molar-refractivity contribution is -0.120. The van der Waals surface area contributed by atoms with Crippen molar-refractivity contribution in [3.63, 3.8) is 0 Å². The molecule has 4 heteroatoms. The minimum absolute atomic E-state index is 0.0850. The average molecular weight is 291 g/mol. The van der Waals surface area contributed by atoms with Gasteiger partial charge in [-0.2, -0.15) is 0 Å². The maximum absolute atomic E-state index is 13.9. The smallest absolute Gasteiger partial charge is 0.227 e. The quantitative estimate of drug-likeness (QED) is 0.790. The second kappa shape index (κ2) is 9.15. The standard InChI is InChI=1S/C17H22FNO2/c1-3-5-8-14(4-2)17(21)19-16-10-9-13(7-6-11-20)12-15(16)18/h9-10,12,14,20H,3-5,8,11H2,1-2H3,(H,19,21). The van der Waals surface area contributed by atoms with Gasteiger partial charge in [0.05, 0.1) is 5.69 Å². The van der Waals surface area contributed by atoms with E-state index >= 15 is 0 Å². The summed E-state index contributed by atoms with van der Waals surface area (Å²) in [5.74, 6) is 4.34. The van der Waals surface area contributed by atoms with Crippen molar-refractivity contribution >= 4 is 11.6 Å². The summed E-state index contributed by atoms with van der Waals surface area (Å²) in [6.07, 6.45) is 3.59. The number of anilines is 1. The van der Waals surface area contributed by atoms with Crippen molar-refractivity contribution in [3.05, 3.63) is 29.6 Å². The Morgan fingerprint density at radius 1 is 1.43 bits per heavy atom. The van der Waals surface area contributed by atoms with E-state index in [0.29, 0.717) is 5.56 Å². The molecule has 0 aliphatic carbocycles. The van der Waals surface area contributed by atoms with Crippen LogP contribution in [0, 0.1) is 23.6 Å². The molecule has 3 nitrogen and oxygen atoms in total. The molecule has 0 bridgehead atoms. The van der Waals surface area contributed by atoms with Gasteiger partial charge < -0.3 is 10.4 Å². The zero-order valence-electron chi connectivity index (χ0n) is 12.6. The van der Waals surface area contributed by atoms with Gasteiger partial charge in [-0.25, -0.2) is 4.39 Å². The molecule has 1 aromatic carbocycles. The normalized spacial score (nSPS) is 11.4. The number of aliphatic hydroxyl groups is 1. The van der Waals surface area contributed by atoms with Crippen LogP contribution in [0.25, 0.3) is 0 Å². The first kappa shape index (κ1) is 17.2. The molecule has 114 valence electrons. The number of carbonyl (C=O) groups is 1. The van der Waals surface area contributed by atoms with E-state index in [4.69, 9.17) is 5.11 Å². The Balaban J connectivity index is 2.75. The highest BCUT2D eigenvalue weighted by Gasteiger charge is 2.17. The zero-order valence-corrected chi connectivity index (χ0v) is 12.6. The van der Waals surface area contributed by atoms with Gasteiger partial charge in [0.15, 0.2) is 0 Å². The van der Waals surface area contributed by atoms with Gasteiger partial charge in [-0.05, 0) is 31.0 Å². The van der Waals surface area contributed by atoms with E-state index in [0.717, 1.165) is 25.7 Å². The van der Waals surface area contributed by atoms with Gasteiger partial charge in [0.2, 0.25) is 5.91 Å². The van der Waals surface area contributed by atoms with Gasteiger partial charge in [0, 0.05) is 11.5 Å². The summed E-state index contributed by atoms with van der Waals surface area (Å²) in [6.45, 7) is 3.77. The van der Waals surface area contributed by atoms with Crippen LogP contribution in [0.3, 0.4) is 0 Å². The summed E-state index contributed by atoms with van der Waals surface area (Å²) in [7, 11) is 0. The maximum Gasteiger partial charge on any atom is 0.227 e. The summed E-state index contributed by atoms with van der Waals surface area (Å²) in [6, 6.07) is 4.38. The maximum atomic E-state index is 13.9. The van der Waals surface area contributed by atoms with Gasteiger partial charge in [-0.3, -0.25) is 4.79 Å². The molecule has 1 amide bonds. The molecule has 1 rings (SSSR count). The average Bonchev–Trinajstić information content (AvgIpc) is 2.48. The van der Waals surface area contributed by atoms with E-state index in [1.54, 1.807) is 6.07 Å². The molecular weight excluding hydrogens is 269 g/mol. The number of rotatable bonds is 6. The molecule has 0 aliphatic heterocycles. The number of carbonyl (C=O) groups excluding carboxylic acids is 1. The largest absolute Gasteiger partial charge is 0.384 e. The van der Waals surface area contributed by atoms with E-state index in [9.17, 15) is 9.18 Å². The van der Waals surface area contributed by atoms with Crippen LogP contribution < -0.4 is 5.32 Å². The fraction of sp³-hybridized carbons (Fsp3) is 0.471. The SMILES string of the molecule is CCCCC(CC)C(=O)Nc1ccc(C#CCO)cc1F. The summed E-state index contributed by atoms with van der Waals surface area (Å²) < 4.78 is 13.9. The molecule has 2 N–H and O–H groups in total. The third kappa shape index (κ3) is 5.57. The van der Waals surface area contributed by atoms with Crippen LogP contribution in [0.5, 0.6) is 0 Å². The Bertz CT molecular complexity index is 531. The number of benzene rings is 1. The van der Waals surface area contributed by atoms with Gasteiger partial charge in [0.1, 0.15) is 12.4 Å². The third-order valence-corrected chi connectivity index (χ3v) is 3.31. The number of hydrogen-bond donors (Lipinski definition) is 2. The van der Waals surface area contributed by atoms with Crippen molar-refractivity contribution in [2.75, 3.05) is 11.9 Å². The molecule has 1 aromatic rings. The van der Waals surface area contributed by atoms with Gasteiger partial charge in [0.25, 0.3) is 0 Å². The van der Waals surface area contributed by atoms with Gasteiger partial charge in [-0.15, -0.1) is 0 Å². The van der Waals surface area contributed by atoms with Gasteiger partial charge >= 0.3 is 0 Å². The Labute approximate surface area is 125 Å². The monoisotopic (exact) mass is 291 g/mol. The molecule has 0 saturated heterocycles. The second-order valence-corrected chi connectivity index (χ2v) is 4.89. The molecule has 1 unspecified atom stereocenters. The van der Waals surface area contributed by atoms with Crippen LogP contribution in [0.4, 0.5) is 10.1 Å². The predicted octanol–water partition coefficient (Wildman–Crippen LogP) is 3.32. The Hall–Kier alpha value is -1.86. The number of amides is 1. The first-order chi connectivity index (χ1) is 10.1. The van der Waals surface area contributed by atoms with E-state index in [1.807, 2.05) is 6.92 Å². The number of aliphatic hydroxyl groups excluding tert-OH is 1. The number of nitrogens with one attached hydrogen (secondary N) is 1. The summed E-state index contributed by atoms with van der Waals surface area (Å²) >= 11 is 0. The van der Waals surface area contributed by atoms with Crippen LogP contribution in [0.15, 0.2) is 18.2 Å². The van der Waals surface area contributed by atoms with Crippen LogP contribution in [-0.2, 0) is 4.79 Å². The fourth-order valence-electron chi connectivity index (χ4n) is 2.04. The van der Waals surface area contributed by atoms with Crippen LogP contribution in [0.1, 0.15) is 45.1 Å². The van der Waals surface area contributed by atoms with Crippen molar-refractivity contribution < 1.29 is 14.3 Å². The van der Waals surface area contributed by atoms with Crippen molar-refractivity contribution in [2.24, 2.45) is 5.92 Å². The lowest BCUT2D eigenvalue weighted by Crippen LogP contribution is -2.22.